The predicted octanol–water partition coefficient (Wildman–Crippen LogP) is 2.80. The van der Waals surface area contributed by atoms with Crippen molar-refractivity contribution in [2.24, 2.45) is 0 Å². The highest BCUT2D eigenvalue weighted by Gasteiger charge is 2.31. The molecule has 110 valence electrons. The fourth-order valence-electron chi connectivity index (χ4n) is 3.16. The molecule has 0 saturated heterocycles. The number of amides is 1. The highest BCUT2D eigenvalue weighted by molar-refractivity contribution is 5.90. The Bertz CT molecular complexity index is 639. The summed E-state index contributed by atoms with van der Waals surface area (Å²) in [5, 5.41) is 15.4. The van der Waals surface area contributed by atoms with Gasteiger partial charge in [0.15, 0.2) is 0 Å². The van der Waals surface area contributed by atoms with Gasteiger partial charge < -0.3 is 10.4 Å². The molecule has 1 aliphatic rings. The summed E-state index contributed by atoms with van der Waals surface area (Å²) in [6, 6.07) is 14.1. The zero-order chi connectivity index (χ0) is 14.7. The van der Waals surface area contributed by atoms with E-state index < -0.39 is 5.60 Å². The lowest BCUT2D eigenvalue weighted by Crippen LogP contribution is -2.41. The third-order valence-electron chi connectivity index (χ3n) is 4.38. The maximum absolute atomic E-state index is 12.1. The smallest absolute Gasteiger partial charge is 0.224 e. The Labute approximate surface area is 125 Å². The molecule has 0 spiro atoms. The maximum atomic E-state index is 12.1. The summed E-state index contributed by atoms with van der Waals surface area (Å²) in [6.07, 6.45) is 4.05. The van der Waals surface area contributed by atoms with Crippen LogP contribution in [0.5, 0.6) is 0 Å². The number of hydrogen-bond donors (Lipinski definition) is 2. The molecule has 0 unspecified atom stereocenters. The first-order valence-electron chi connectivity index (χ1n) is 7.62. The Kier molecular flexibility index (Phi) is 3.93. The van der Waals surface area contributed by atoms with E-state index in [4.69, 9.17) is 0 Å². The molecule has 0 atom stereocenters. The van der Waals surface area contributed by atoms with Crippen LogP contribution in [-0.2, 0) is 11.2 Å². The minimum absolute atomic E-state index is 0.0216. The molecule has 0 bridgehead atoms. The van der Waals surface area contributed by atoms with Crippen LogP contribution in [0.4, 0.5) is 0 Å². The maximum Gasteiger partial charge on any atom is 0.224 e. The van der Waals surface area contributed by atoms with Crippen LogP contribution in [0.25, 0.3) is 10.8 Å². The van der Waals surface area contributed by atoms with Crippen molar-refractivity contribution in [3.63, 3.8) is 0 Å². The van der Waals surface area contributed by atoms with Crippen molar-refractivity contribution in [2.45, 2.75) is 37.7 Å². The third kappa shape index (κ3) is 3.24. The second kappa shape index (κ2) is 5.86. The number of carbonyl (C=O) groups is 1. The van der Waals surface area contributed by atoms with Crippen LogP contribution in [0.2, 0.25) is 0 Å². The first-order chi connectivity index (χ1) is 10.2. The molecule has 0 aromatic heterocycles. The Morgan fingerprint density at radius 2 is 1.81 bits per heavy atom. The lowest BCUT2D eigenvalue weighted by molar-refractivity contribution is -0.121. The molecule has 1 amide bonds. The van der Waals surface area contributed by atoms with Gasteiger partial charge in [-0.15, -0.1) is 0 Å². The summed E-state index contributed by atoms with van der Waals surface area (Å²) in [6.45, 7) is 0.372. The highest BCUT2D eigenvalue weighted by atomic mass is 16.3. The normalized spacial score (nSPS) is 17.0. The Balaban J connectivity index is 1.66. The van der Waals surface area contributed by atoms with Crippen molar-refractivity contribution in [2.75, 3.05) is 6.54 Å². The van der Waals surface area contributed by atoms with Gasteiger partial charge in [0.1, 0.15) is 0 Å². The summed E-state index contributed by atoms with van der Waals surface area (Å²) in [5.41, 5.74) is 0.345. The SMILES string of the molecule is O=C(Cc1cccc2ccccc12)NCC1(O)CCCC1. The van der Waals surface area contributed by atoms with Gasteiger partial charge in [-0.25, -0.2) is 0 Å². The minimum Gasteiger partial charge on any atom is -0.388 e. The van der Waals surface area contributed by atoms with E-state index in [9.17, 15) is 9.90 Å². The lowest BCUT2D eigenvalue weighted by atomic mass is 10.0. The number of hydrogen-bond acceptors (Lipinski definition) is 2. The van der Waals surface area contributed by atoms with E-state index in [-0.39, 0.29) is 5.91 Å². The van der Waals surface area contributed by atoms with Gasteiger partial charge >= 0.3 is 0 Å². The van der Waals surface area contributed by atoms with Gasteiger partial charge in [-0.05, 0) is 29.2 Å². The molecule has 3 nitrogen and oxygen atoms in total. The zero-order valence-corrected chi connectivity index (χ0v) is 12.1. The largest absolute Gasteiger partial charge is 0.388 e. The van der Waals surface area contributed by atoms with Crippen molar-refractivity contribution >= 4 is 16.7 Å². The molecule has 0 aliphatic heterocycles. The number of aliphatic hydroxyl groups is 1. The van der Waals surface area contributed by atoms with Crippen LogP contribution in [0, 0.1) is 0 Å². The van der Waals surface area contributed by atoms with Crippen LogP contribution in [-0.4, -0.2) is 23.2 Å². The molecule has 2 aromatic rings. The van der Waals surface area contributed by atoms with Gasteiger partial charge in [0.2, 0.25) is 5.91 Å². The van der Waals surface area contributed by atoms with E-state index in [2.05, 4.69) is 17.4 Å². The van der Waals surface area contributed by atoms with Crippen LogP contribution < -0.4 is 5.32 Å². The average Bonchev–Trinajstić information content (AvgIpc) is 2.93. The van der Waals surface area contributed by atoms with Gasteiger partial charge in [0.25, 0.3) is 0 Å². The molecule has 1 saturated carbocycles. The first kappa shape index (κ1) is 14.1. The summed E-state index contributed by atoms with van der Waals surface area (Å²) in [7, 11) is 0. The van der Waals surface area contributed by atoms with Crippen molar-refractivity contribution in [3.8, 4) is 0 Å². The molecule has 1 aliphatic carbocycles. The lowest BCUT2D eigenvalue weighted by Gasteiger charge is -2.22. The quantitative estimate of drug-likeness (QED) is 0.906. The van der Waals surface area contributed by atoms with Crippen LogP contribution in [0.3, 0.4) is 0 Å². The van der Waals surface area contributed by atoms with E-state index in [0.717, 1.165) is 42.0 Å². The summed E-state index contributed by atoms with van der Waals surface area (Å²) >= 11 is 0. The Morgan fingerprint density at radius 3 is 2.62 bits per heavy atom. The van der Waals surface area contributed by atoms with Gasteiger partial charge in [0, 0.05) is 6.54 Å². The molecule has 3 heteroatoms. The molecule has 3 rings (SSSR count). The Hall–Kier alpha value is -1.87. The van der Waals surface area contributed by atoms with Crippen LogP contribution in [0.1, 0.15) is 31.2 Å². The summed E-state index contributed by atoms with van der Waals surface area (Å²) < 4.78 is 0. The molecular weight excluding hydrogens is 262 g/mol. The van der Waals surface area contributed by atoms with Crippen molar-refractivity contribution in [1.29, 1.82) is 0 Å². The van der Waals surface area contributed by atoms with E-state index in [0.29, 0.717) is 13.0 Å². The zero-order valence-electron chi connectivity index (χ0n) is 12.1. The fourth-order valence-corrected chi connectivity index (χ4v) is 3.16. The second-order valence-corrected chi connectivity index (χ2v) is 6.02. The topological polar surface area (TPSA) is 49.3 Å². The van der Waals surface area contributed by atoms with Gasteiger partial charge in [-0.3, -0.25) is 4.79 Å². The molecular formula is C18H21NO2. The van der Waals surface area contributed by atoms with Crippen LogP contribution in [0.15, 0.2) is 42.5 Å². The van der Waals surface area contributed by atoms with Crippen molar-refractivity contribution < 1.29 is 9.90 Å². The average molecular weight is 283 g/mol. The number of rotatable bonds is 4. The van der Waals surface area contributed by atoms with E-state index in [1.54, 1.807) is 0 Å². The molecule has 21 heavy (non-hydrogen) atoms. The molecule has 1 fully saturated rings. The molecule has 0 heterocycles. The molecule has 2 aromatic carbocycles. The van der Waals surface area contributed by atoms with E-state index in [1.807, 2.05) is 30.3 Å². The Morgan fingerprint density at radius 1 is 1.10 bits per heavy atom. The second-order valence-electron chi connectivity index (χ2n) is 6.02. The van der Waals surface area contributed by atoms with E-state index >= 15 is 0 Å². The van der Waals surface area contributed by atoms with Gasteiger partial charge in [0.05, 0.1) is 12.0 Å². The molecule has 0 radical (unpaired) electrons. The number of nitrogens with one attached hydrogen (secondary N) is 1. The van der Waals surface area contributed by atoms with E-state index in [1.165, 1.54) is 0 Å². The number of carbonyl (C=O) groups excluding carboxylic acids is 1. The van der Waals surface area contributed by atoms with Crippen molar-refractivity contribution in [1.82, 2.24) is 5.32 Å². The van der Waals surface area contributed by atoms with Crippen LogP contribution >= 0.6 is 0 Å². The van der Waals surface area contributed by atoms with Gasteiger partial charge in [-0.1, -0.05) is 55.3 Å². The number of benzene rings is 2. The standard InChI is InChI=1S/C18H21NO2/c20-17(19-13-18(21)10-3-4-11-18)12-15-8-5-7-14-6-1-2-9-16(14)15/h1-2,5-9,21H,3-4,10-13H2,(H,19,20). The van der Waals surface area contributed by atoms with Crippen molar-refractivity contribution in [3.05, 3.63) is 48.0 Å². The first-order valence-corrected chi connectivity index (χ1v) is 7.62. The minimum atomic E-state index is -0.686. The highest BCUT2D eigenvalue weighted by Crippen LogP contribution is 2.28. The fraction of sp³-hybridized carbons (Fsp3) is 0.389. The third-order valence-corrected chi connectivity index (χ3v) is 4.38. The summed E-state index contributed by atoms with van der Waals surface area (Å²) in [4.78, 5) is 12.1. The number of fused-ring (bicyclic) bond motifs is 1. The molecule has 2 N–H and O–H groups in total. The monoisotopic (exact) mass is 283 g/mol. The van der Waals surface area contributed by atoms with Gasteiger partial charge in [-0.2, -0.15) is 0 Å². The predicted molar refractivity (Wildman–Crippen MR) is 84.1 cm³/mol. The summed E-state index contributed by atoms with van der Waals surface area (Å²) in [5.74, 6) is -0.0216.